The first-order chi connectivity index (χ1) is 8.83. The van der Waals surface area contributed by atoms with E-state index in [0.29, 0.717) is 22.1 Å². The zero-order valence-electron chi connectivity index (χ0n) is 10.8. The van der Waals surface area contributed by atoms with Crippen LogP contribution in [0.5, 0.6) is 5.75 Å². The lowest BCUT2D eigenvalue weighted by Gasteiger charge is -2.07. The second kappa shape index (κ2) is 4.86. The van der Waals surface area contributed by atoms with E-state index in [0.717, 1.165) is 4.70 Å². The fourth-order valence-corrected chi connectivity index (χ4v) is 3.28. The SMILES string of the molecule is COc1cc(N)cc2sc(NS(=O)(=O)C(C)C)nc12. The van der Waals surface area contributed by atoms with Crippen LogP contribution in [0.15, 0.2) is 12.1 Å². The number of fused-ring (bicyclic) bond motifs is 1. The number of nitrogens with one attached hydrogen (secondary N) is 1. The second-order valence-corrected chi connectivity index (χ2v) is 7.55. The molecule has 19 heavy (non-hydrogen) atoms. The molecule has 0 saturated carbocycles. The van der Waals surface area contributed by atoms with Crippen LogP contribution in [0.2, 0.25) is 0 Å². The van der Waals surface area contributed by atoms with Crippen molar-refractivity contribution in [3.8, 4) is 5.75 Å². The molecule has 0 saturated heterocycles. The highest BCUT2D eigenvalue weighted by atomic mass is 32.2. The maximum absolute atomic E-state index is 11.8. The molecular formula is C11H15N3O3S2. The maximum Gasteiger partial charge on any atom is 0.236 e. The van der Waals surface area contributed by atoms with Crippen LogP contribution in [0.1, 0.15) is 13.8 Å². The van der Waals surface area contributed by atoms with Crippen LogP contribution in [0.25, 0.3) is 10.2 Å². The molecule has 1 aromatic carbocycles. The van der Waals surface area contributed by atoms with Gasteiger partial charge in [-0.3, -0.25) is 4.72 Å². The van der Waals surface area contributed by atoms with E-state index in [2.05, 4.69) is 9.71 Å². The van der Waals surface area contributed by atoms with Gasteiger partial charge in [-0.1, -0.05) is 11.3 Å². The van der Waals surface area contributed by atoms with Crippen molar-refractivity contribution in [2.75, 3.05) is 17.6 Å². The third-order valence-electron chi connectivity index (χ3n) is 2.55. The number of benzene rings is 1. The highest BCUT2D eigenvalue weighted by molar-refractivity contribution is 7.93. The second-order valence-electron chi connectivity index (χ2n) is 4.28. The number of methoxy groups -OCH3 is 1. The number of hydrogen-bond donors (Lipinski definition) is 2. The summed E-state index contributed by atoms with van der Waals surface area (Å²) in [4.78, 5) is 4.24. The Hall–Kier alpha value is -1.54. The van der Waals surface area contributed by atoms with Crippen LogP contribution in [-0.2, 0) is 10.0 Å². The molecular weight excluding hydrogens is 286 g/mol. The first kappa shape index (κ1) is 13.9. The van der Waals surface area contributed by atoms with Crippen molar-refractivity contribution < 1.29 is 13.2 Å². The molecule has 2 aromatic rings. The standard InChI is InChI=1S/C11H15N3O3S2/c1-6(2)19(15,16)14-11-13-10-8(17-3)4-7(12)5-9(10)18-11/h4-6H,12H2,1-3H3,(H,13,14). The van der Waals surface area contributed by atoms with E-state index < -0.39 is 15.3 Å². The molecule has 0 unspecified atom stereocenters. The molecule has 0 radical (unpaired) electrons. The number of ether oxygens (including phenoxy) is 1. The molecule has 1 aromatic heterocycles. The minimum Gasteiger partial charge on any atom is -0.494 e. The lowest BCUT2D eigenvalue weighted by Crippen LogP contribution is -2.22. The molecule has 104 valence electrons. The Morgan fingerprint density at radius 1 is 1.42 bits per heavy atom. The highest BCUT2D eigenvalue weighted by Crippen LogP contribution is 2.35. The van der Waals surface area contributed by atoms with Crippen molar-refractivity contribution in [2.24, 2.45) is 0 Å². The minimum atomic E-state index is -3.40. The Balaban J connectivity index is 2.48. The van der Waals surface area contributed by atoms with Crippen molar-refractivity contribution in [2.45, 2.75) is 19.1 Å². The van der Waals surface area contributed by atoms with Gasteiger partial charge in [0, 0.05) is 11.8 Å². The number of nitrogens with zero attached hydrogens (tertiary/aromatic N) is 1. The Morgan fingerprint density at radius 2 is 2.11 bits per heavy atom. The molecule has 0 aliphatic heterocycles. The fraction of sp³-hybridized carbons (Fsp3) is 0.364. The molecule has 0 amide bonds. The third-order valence-corrected chi connectivity index (χ3v) is 5.32. The van der Waals surface area contributed by atoms with Gasteiger partial charge < -0.3 is 10.5 Å². The van der Waals surface area contributed by atoms with Gasteiger partial charge in [0.2, 0.25) is 10.0 Å². The molecule has 3 N–H and O–H groups in total. The van der Waals surface area contributed by atoms with Crippen molar-refractivity contribution >= 4 is 42.4 Å². The normalized spacial score (nSPS) is 12.0. The van der Waals surface area contributed by atoms with Crippen LogP contribution in [0.3, 0.4) is 0 Å². The predicted octanol–water partition coefficient (Wildman–Crippen LogP) is 2.04. The van der Waals surface area contributed by atoms with Crippen molar-refractivity contribution in [3.63, 3.8) is 0 Å². The molecule has 8 heteroatoms. The number of sulfonamides is 1. The molecule has 0 aliphatic rings. The summed E-state index contributed by atoms with van der Waals surface area (Å²) < 4.78 is 32.0. The Bertz CT molecular complexity index is 707. The maximum atomic E-state index is 11.8. The predicted molar refractivity (Wildman–Crippen MR) is 78.3 cm³/mol. The molecule has 6 nitrogen and oxygen atoms in total. The monoisotopic (exact) mass is 301 g/mol. The number of thiazole rings is 1. The Morgan fingerprint density at radius 3 is 2.68 bits per heavy atom. The average Bonchev–Trinajstić information content (AvgIpc) is 2.68. The van der Waals surface area contributed by atoms with Crippen LogP contribution in [0.4, 0.5) is 10.8 Å². The topological polar surface area (TPSA) is 94.3 Å². The van der Waals surface area contributed by atoms with E-state index in [1.165, 1.54) is 18.4 Å². The Labute approximate surface area is 115 Å². The van der Waals surface area contributed by atoms with Gasteiger partial charge in [-0.05, 0) is 19.9 Å². The number of nitrogens with two attached hydrogens (primary N) is 1. The zero-order chi connectivity index (χ0) is 14.2. The number of anilines is 2. The van der Waals surface area contributed by atoms with Gasteiger partial charge in [-0.25, -0.2) is 13.4 Å². The van der Waals surface area contributed by atoms with Gasteiger partial charge in [0.1, 0.15) is 11.3 Å². The number of hydrogen-bond acceptors (Lipinski definition) is 6. The molecule has 0 atom stereocenters. The van der Waals surface area contributed by atoms with Crippen LogP contribution in [-0.4, -0.2) is 25.8 Å². The van der Waals surface area contributed by atoms with Gasteiger partial charge in [-0.2, -0.15) is 0 Å². The van der Waals surface area contributed by atoms with Crippen LogP contribution < -0.4 is 15.2 Å². The summed E-state index contributed by atoms with van der Waals surface area (Å²) in [7, 11) is -1.88. The largest absolute Gasteiger partial charge is 0.494 e. The summed E-state index contributed by atoms with van der Waals surface area (Å²) in [6, 6.07) is 3.39. The molecule has 0 fully saturated rings. The summed E-state index contributed by atoms with van der Waals surface area (Å²) in [5.74, 6) is 0.529. The van der Waals surface area contributed by atoms with Gasteiger partial charge in [0.25, 0.3) is 0 Å². The van der Waals surface area contributed by atoms with Crippen LogP contribution >= 0.6 is 11.3 Å². The van der Waals surface area contributed by atoms with E-state index in [1.807, 2.05) is 0 Å². The average molecular weight is 301 g/mol. The van der Waals surface area contributed by atoms with Gasteiger partial charge in [0.15, 0.2) is 5.13 Å². The lowest BCUT2D eigenvalue weighted by molar-refractivity contribution is 0.419. The third kappa shape index (κ3) is 2.74. The van der Waals surface area contributed by atoms with Crippen molar-refractivity contribution in [3.05, 3.63) is 12.1 Å². The number of aromatic nitrogens is 1. The zero-order valence-corrected chi connectivity index (χ0v) is 12.4. The Kier molecular flexibility index (Phi) is 3.55. The molecule has 0 bridgehead atoms. The van der Waals surface area contributed by atoms with Crippen LogP contribution in [0, 0.1) is 0 Å². The summed E-state index contributed by atoms with van der Waals surface area (Å²) in [6.45, 7) is 3.21. The minimum absolute atomic E-state index is 0.313. The van der Waals surface area contributed by atoms with E-state index >= 15 is 0 Å². The van der Waals surface area contributed by atoms with Crippen molar-refractivity contribution in [1.82, 2.24) is 4.98 Å². The summed E-state index contributed by atoms with van der Waals surface area (Å²) in [6.07, 6.45) is 0. The highest BCUT2D eigenvalue weighted by Gasteiger charge is 2.18. The van der Waals surface area contributed by atoms with E-state index in [4.69, 9.17) is 10.5 Å². The quantitative estimate of drug-likeness (QED) is 0.843. The van der Waals surface area contributed by atoms with Gasteiger partial charge in [-0.15, -0.1) is 0 Å². The van der Waals surface area contributed by atoms with Gasteiger partial charge in [0.05, 0.1) is 17.1 Å². The number of nitrogen functional groups attached to an aromatic ring is 1. The van der Waals surface area contributed by atoms with Gasteiger partial charge >= 0.3 is 0 Å². The first-order valence-corrected chi connectivity index (χ1v) is 7.95. The first-order valence-electron chi connectivity index (χ1n) is 5.59. The van der Waals surface area contributed by atoms with Crippen molar-refractivity contribution in [1.29, 1.82) is 0 Å². The molecule has 0 spiro atoms. The summed E-state index contributed by atoms with van der Waals surface area (Å²) in [5.41, 5.74) is 6.89. The molecule has 0 aliphatic carbocycles. The smallest absolute Gasteiger partial charge is 0.236 e. The lowest BCUT2D eigenvalue weighted by atomic mass is 10.3. The molecule has 1 heterocycles. The van der Waals surface area contributed by atoms with E-state index in [9.17, 15) is 8.42 Å². The number of rotatable bonds is 4. The molecule has 2 rings (SSSR count). The van der Waals surface area contributed by atoms with E-state index in [-0.39, 0.29) is 0 Å². The fourth-order valence-electron chi connectivity index (χ4n) is 1.46. The summed E-state index contributed by atoms with van der Waals surface area (Å²) >= 11 is 1.22. The summed E-state index contributed by atoms with van der Waals surface area (Å²) in [5, 5.41) is -0.209. The van der Waals surface area contributed by atoms with E-state index in [1.54, 1.807) is 26.0 Å².